The third-order valence-corrected chi connectivity index (χ3v) is 6.85. The van der Waals surface area contributed by atoms with Crippen molar-refractivity contribution in [2.75, 3.05) is 46.9 Å². The van der Waals surface area contributed by atoms with Crippen LogP contribution in [0.3, 0.4) is 0 Å². The zero-order valence-corrected chi connectivity index (χ0v) is 21.3. The highest BCUT2D eigenvalue weighted by atomic mass is 16.5. The van der Waals surface area contributed by atoms with Gasteiger partial charge in [0.25, 0.3) is 5.91 Å². The van der Waals surface area contributed by atoms with E-state index in [-0.39, 0.29) is 5.91 Å². The Morgan fingerprint density at radius 3 is 2.58 bits per heavy atom. The summed E-state index contributed by atoms with van der Waals surface area (Å²) in [5.74, 6) is 1.54. The molecule has 0 spiro atoms. The van der Waals surface area contributed by atoms with E-state index in [9.17, 15) is 4.79 Å². The molecule has 0 radical (unpaired) electrons. The zero-order chi connectivity index (χ0) is 24.0. The fraction of sp³-hybridized carbons (Fsp3) is 0.536. The number of benzene rings is 2. The van der Waals surface area contributed by atoms with E-state index >= 15 is 0 Å². The predicted octanol–water partition coefficient (Wildman–Crippen LogP) is 4.76. The number of nitrogens with one attached hydrogen (secondary N) is 1. The van der Waals surface area contributed by atoms with Gasteiger partial charge >= 0.3 is 0 Å². The van der Waals surface area contributed by atoms with Crippen LogP contribution < -0.4 is 10.1 Å². The molecule has 2 aromatic carbocycles. The van der Waals surface area contributed by atoms with Crippen molar-refractivity contribution in [3.8, 4) is 5.75 Å². The highest BCUT2D eigenvalue weighted by molar-refractivity contribution is 5.94. The number of hydrogen-bond acceptors (Lipinski definition) is 4. The largest absolute Gasteiger partial charge is 0.493 e. The lowest BCUT2D eigenvalue weighted by Gasteiger charge is -2.44. The van der Waals surface area contributed by atoms with E-state index in [0.717, 1.165) is 62.5 Å². The molecule has 1 amide bonds. The molecule has 0 bridgehead atoms. The van der Waals surface area contributed by atoms with Gasteiger partial charge in [0, 0.05) is 37.2 Å². The molecule has 1 heterocycles. The molecule has 1 unspecified atom stereocenters. The first-order chi connectivity index (χ1) is 15.8. The van der Waals surface area contributed by atoms with Gasteiger partial charge in [-0.1, -0.05) is 23.8 Å². The molecule has 5 heteroatoms. The number of carbonyl (C=O) groups excluding carboxylic acids is 1. The van der Waals surface area contributed by atoms with Crippen molar-refractivity contribution in [1.29, 1.82) is 0 Å². The quantitative estimate of drug-likeness (QED) is 0.501. The average molecular weight is 452 g/mol. The SMILES string of the molecule is Cc1cccc(C(=O)NCC2CN(C(C)c3ccc(OCCCCN(C)C)c(C)c3C)C2)c1. The monoisotopic (exact) mass is 451 g/mol. The molecule has 1 aliphatic rings. The van der Waals surface area contributed by atoms with Crippen molar-refractivity contribution >= 4 is 5.91 Å². The van der Waals surface area contributed by atoms with E-state index in [4.69, 9.17) is 4.74 Å². The number of aryl methyl sites for hydroxylation is 1. The molecule has 1 atom stereocenters. The maximum absolute atomic E-state index is 12.4. The number of amides is 1. The van der Waals surface area contributed by atoms with Gasteiger partial charge in [0.05, 0.1) is 6.61 Å². The van der Waals surface area contributed by atoms with Crippen LogP contribution in [0.25, 0.3) is 0 Å². The van der Waals surface area contributed by atoms with Crippen LogP contribution >= 0.6 is 0 Å². The molecule has 1 saturated heterocycles. The highest BCUT2D eigenvalue weighted by Gasteiger charge is 2.32. The van der Waals surface area contributed by atoms with Gasteiger partial charge in [-0.2, -0.15) is 0 Å². The van der Waals surface area contributed by atoms with Gasteiger partial charge in [-0.15, -0.1) is 0 Å². The molecule has 33 heavy (non-hydrogen) atoms. The van der Waals surface area contributed by atoms with Crippen LogP contribution in [-0.4, -0.2) is 62.6 Å². The maximum Gasteiger partial charge on any atom is 0.251 e. The summed E-state index contributed by atoms with van der Waals surface area (Å²) in [6, 6.07) is 12.5. The van der Waals surface area contributed by atoms with Gasteiger partial charge in [-0.3, -0.25) is 9.69 Å². The van der Waals surface area contributed by atoms with Crippen molar-refractivity contribution in [2.45, 2.75) is 46.6 Å². The number of likely N-dealkylation sites (tertiary alicyclic amines) is 1. The number of unbranched alkanes of at least 4 members (excludes halogenated alkanes) is 1. The van der Waals surface area contributed by atoms with Gasteiger partial charge in [-0.05, 0) is 96.1 Å². The first-order valence-electron chi connectivity index (χ1n) is 12.2. The molecule has 1 fully saturated rings. The van der Waals surface area contributed by atoms with Crippen molar-refractivity contribution in [1.82, 2.24) is 15.1 Å². The number of ether oxygens (including phenoxy) is 1. The second-order valence-electron chi connectivity index (χ2n) is 9.84. The number of rotatable bonds is 11. The Bertz CT molecular complexity index is 935. The van der Waals surface area contributed by atoms with E-state index in [2.05, 4.69) is 62.1 Å². The van der Waals surface area contributed by atoms with Gasteiger partial charge in [-0.25, -0.2) is 0 Å². The summed E-state index contributed by atoms with van der Waals surface area (Å²) in [6.45, 7) is 13.3. The normalized spacial score (nSPS) is 15.4. The maximum atomic E-state index is 12.4. The summed E-state index contributed by atoms with van der Waals surface area (Å²) in [4.78, 5) is 17.1. The first-order valence-corrected chi connectivity index (χ1v) is 12.2. The predicted molar refractivity (Wildman–Crippen MR) is 136 cm³/mol. The van der Waals surface area contributed by atoms with E-state index in [1.807, 2.05) is 31.2 Å². The highest BCUT2D eigenvalue weighted by Crippen LogP contribution is 2.34. The first kappa shape index (κ1) is 25.3. The Morgan fingerprint density at radius 2 is 1.88 bits per heavy atom. The smallest absolute Gasteiger partial charge is 0.251 e. The lowest BCUT2D eigenvalue weighted by molar-refractivity contribution is 0.0569. The van der Waals surface area contributed by atoms with Crippen LogP contribution in [0.5, 0.6) is 5.75 Å². The second-order valence-corrected chi connectivity index (χ2v) is 9.84. The third kappa shape index (κ3) is 6.81. The molecule has 1 aliphatic heterocycles. The van der Waals surface area contributed by atoms with E-state index in [0.29, 0.717) is 12.0 Å². The lowest BCUT2D eigenvalue weighted by Crippen LogP contribution is -2.52. The fourth-order valence-electron chi connectivity index (χ4n) is 4.52. The average Bonchev–Trinajstić information content (AvgIpc) is 2.74. The molecular weight excluding hydrogens is 410 g/mol. The molecule has 3 rings (SSSR count). The molecule has 2 aromatic rings. The number of carbonyl (C=O) groups is 1. The van der Waals surface area contributed by atoms with Crippen LogP contribution in [0.2, 0.25) is 0 Å². The minimum atomic E-state index is 0.0222. The van der Waals surface area contributed by atoms with Gasteiger partial charge in [0.2, 0.25) is 0 Å². The summed E-state index contributed by atoms with van der Waals surface area (Å²) in [7, 11) is 4.21. The molecule has 5 nitrogen and oxygen atoms in total. The van der Waals surface area contributed by atoms with Gasteiger partial charge < -0.3 is 15.0 Å². The van der Waals surface area contributed by atoms with Crippen LogP contribution in [0.1, 0.15) is 58.4 Å². The lowest BCUT2D eigenvalue weighted by atomic mass is 9.91. The van der Waals surface area contributed by atoms with Gasteiger partial charge in [0.15, 0.2) is 0 Å². The topological polar surface area (TPSA) is 44.8 Å². The molecule has 180 valence electrons. The van der Waals surface area contributed by atoms with Crippen molar-refractivity contribution in [3.05, 3.63) is 64.2 Å². The van der Waals surface area contributed by atoms with Crippen molar-refractivity contribution < 1.29 is 9.53 Å². The Hall–Kier alpha value is -2.37. The van der Waals surface area contributed by atoms with E-state index in [1.54, 1.807) is 0 Å². The Morgan fingerprint density at radius 1 is 1.12 bits per heavy atom. The summed E-state index contributed by atoms with van der Waals surface area (Å²) in [5.41, 5.74) is 5.79. The van der Waals surface area contributed by atoms with Crippen LogP contribution in [-0.2, 0) is 0 Å². The summed E-state index contributed by atoms with van der Waals surface area (Å²) >= 11 is 0. The summed E-state index contributed by atoms with van der Waals surface area (Å²) in [5, 5.41) is 3.11. The fourth-order valence-corrected chi connectivity index (χ4v) is 4.52. The van der Waals surface area contributed by atoms with Crippen molar-refractivity contribution in [2.24, 2.45) is 5.92 Å². The Balaban J connectivity index is 1.46. The van der Waals surface area contributed by atoms with Crippen LogP contribution in [0.4, 0.5) is 0 Å². The molecule has 0 aliphatic carbocycles. The van der Waals surface area contributed by atoms with E-state index < -0.39 is 0 Å². The molecular formula is C28H41N3O2. The minimum absolute atomic E-state index is 0.0222. The standard InChI is InChI=1S/C28H41N3O2/c1-20-10-9-11-25(16-20)28(32)29-17-24-18-31(19-24)23(4)26-12-13-27(22(3)21(26)2)33-15-8-7-14-30(5)6/h9-13,16,23-24H,7-8,14-15,17-19H2,1-6H3,(H,29,32). The van der Waals surface area contributed by atoms with Crippen LogP contribution in [0, 0.1) is 26.7 Å². The summed E-state index contributed by atoms with van der Waals surface area (Å²) in [6.07, 6.45) is 2.23. The molecule has 1 N–H and O–H groups in total. The van der Waals surface area contributed by atoms with Crippen LogP contribution in [0.15, 0.2) is 36.4 Å². The second kappa shape index (κ2) is 11.7. The summed E-state index contributed by atoms with van der Waals surface area (Å²) < 4.78 is 6.08. The third-order valence-electron chi connectivity index (χ3n) is 6.85. The minimum Gasteiger partial charge on any atom is -0.493 e. The Kier molecular flexibility index (Phi) is 8.93. The Labute approximate surface area is 200 Å². The van der Waals surface area contributed by atoms with Gasteiger partial charge in [0.1, 0.15) is 5.75 Å². The van der Waals surface area contributed by atoms with Crippen molar-refractivity contribution in [3.63, 3.8) is 0 Å². The molecule has 0 aromatic heterocycles. The zero-order valence-electron chi connectivity index (χ0n) is 21.3. The number of nitrogens with zero attached hydrogens (tertiary/aromatic N) is 2. The van der Waals surface area contributed by atoms with E-state index in [1.165, 1.54) is 16.7 Å². The molecule has 0 saturated carbocycles. The number of hydrogen-bond donors (Lipinski definition) is 1.